The summed E-state index contributed by atoms with van der Waals surface area (Å²) < 4.78 is 5.34. The molecule has 0 fully saturated rings. The Bertz CT molecular complexity index is 398. The molecule has 1 aliphatic rings. The smallest absolute Gasteiger partial charge is 0.214 e. The third-order valence-electron chi connectivity index (χ3n) is 2.11. The maximum Gasteiger partial charge on any atom is 0.214 e. The molecule has 0 amide bonds. The van der Waals surface area contributed by atoms with Gasteiger partial charge in [-0.1, -0.05) is 17.3 Å². The van der Waals surface area contributed by atoms with Crippen LogP contribution in [-0.4, -0.2) is 23.3 Å². The molecule has 1 heterocycles. The first-order valence-electron chi connectivity index (χ1n) is 4.30. The van der Waals surface area contributed by atoms with Crippen LogP contribution in [0.5, 0.6) is 5.75 Å². The number of hydrogen-bond donors (Lipinski definition) is 1. The Morgan fingerprint density at radius 3 is 2.93 bits per heavy atom. The summed E-state index contributed by atoms with van der Waals surface area (Å²) in [7, 11) is 0. The first kappa shape index (κ1) is 8.74. The monoisotopic (exact) mass is 191 g/mol. The van der Waals surface area contributed by atoms with Gasteiger partial charge in [-0.05, 0) is 12.1 Å². The van der Waals surface area contributed by atoms with Crippen LogP contribution in [0.3, 0.4) is 0 Å². The molecular formula is C10H9NO3. The first-order chi connectivity index (χ1) is 6.83. The van der Waals surface area contributed by atoms with Gasteiger partial charge in [0.15, 0.2) is 0 Å². The van der Waals surface area contributed by atoms with Gasteiger partial charge in [-0.25, -0.2) is 0 Å². The molecule has 0 radical (unpaired) electrons. The summed E-state index contributed by atoms with van der Waals surface area (Å²) in [5, 5.41) is 11.6. The Hall–Kier alpha value is -1.84. The van der Waals surface area contributed by atoms with Gasteiger partial charge in [0.2, 0.25) is 5.78 Å². The van der Waals surface area contributed by atoms with Crippen molar-refractivity contribution >= 4 is 11.5 Å². The van der Waals surface area contributed by atoms with Crippen LogP contribution in [0.4, 0.5) is 0 Å². The van der Waals surface area contributed by atoms with Crippen molar-refractivity contribution in [3.05, 3.63) is 29.8 Å². The molecule has 0 saturated heterocycles. The molecule has 0 unspecified atom stereocenters. The lowest BCUT2D eigenvalue weighted by atomic mass is 10.1. The molecule has 0 aliphatic carbocycles. The van der Waals surface area contributed by atoms with Crippen molar-refractivity contribution in [2.24, 2.45) is 5.16 Å². The number of benzene rings is 1. The molecule has 72 valence electrons. The van der Waals surface area contributed by atoms with Crippen LogP contribution in [0.1, 0.15) is 16.8 Å². The number of Topliss-reactive ketones (excluding diaryl/α,β-unsaturated/α-hetero) is 1. The standard InChI is InChI=1S/C10H9NO3/c12-10-7-3-1-2-4-9(7)14-6-5-8(10)11-13/h1-4,13H,5-6H2/b11-8-. The molecule has 1 N–H and O–H groups in total. The lowest BCUT2D eigenvalue weighted by Gasteiger charge is -2.03. The number of carbonyl (C=O) groups excluding carboxylic acids is 1. The van der Waals surface area contributed by atoms with Crippen molar-refractivity contribution in [1.82, 2.24) is 0 Å². The topological polar surface area (TPSA) is 58.9 Å². The van der Waals surface area contributed by atoms with Crippen LogP contribution in [-0.2, 0) is 0 Å². The third-order valence-corrected chi connectivity index (χ3v) is 2.11. The molecule has 0 spiro atoms. The lowest BCUT2D eigenvalue weighted by Crippen LogP contribution is -2.13. The van der Waals surface area contributed by atoms with Gasteiger partial charge in [-0.3, -0.25) is 4.79 Å². The predicted octanol–water partition coefficient (Wildman–Crippen LogP) is 1.48. The number of rotatable bonds is 0. The fourth-order valence-electron chi connectivity index (χ4n) is 1.40. The number of ketones is 1. The summed E-state index contributed by atoms with van der Waals surface area (Å²) in [5.41, 5.74) is 0.604. The molecule has 1 aliphatic heterocycles. The summed E-state index contributed by atoms with van der Waals surface area (Å²) in [6, 6.07) is 6.94. The third kappa shape index (κ3) is 1.35. The molecule has 14 heavy (non-hydrogen) atoms. The zero-order valence-corrected chi connectivity index (χ0v) is 7.43. The van der Waals surface area contributed by atoms with E-state index in [0.29, 0.717) is 24.3 Å². The highest BCUT2D eigenvalue weighted by molar-refractivity contribution is 6.46. The minimum absolute atomic E-state index is 0.148. The van der Waals surface area contributed by atoms with Crippen LogP contribution >= 0.6 is 0 Å². The van der Waals surface area contributed by atoms with E-state index in [1.54, 1.807) is 24.3 Å². The molecule has 2 rings (SSSR count). The molecule has 0 saturated carbocycles. The number of nitrogens with zero attached hydrogens (tertiary/aromatic N) is 1. The van der Waals surface area contributed by atoms with E-state index in [2.05, 4.69) is 5.16 Å². The summed E-state index contributed by atoms with van der Waals surface area (Å²) in [6.07, 6.45) is 0.337. The number of para-hydroxylation sites is 1. The van der Waals surface area contributed by atoms with Gasteiger partial charge in [0, 0.05) is 6.42 Å². The Morgan fingerprint density at radius 2 is 2.14 bits per heavy atom. The van der Waals surface area contributed by atoms with Crippen LogP contribution in [0.2, 0.25) is 0 Å². The van der Waals surface area contributed by atoms with Gasteiger partial charge < -0.3 is 9.94 Å². The summed E-state index contributed by atoms with van der Waals surface area (Å²) >= 11 is 0. The molecule has 4 nitrogen and oxygen atoms in total. The van der Waals surface area contributed by atoms with Gasteiger partial charge in [0.25, 0.3) is 0 Å². The zero-order valence-electron chi connectivity index (χ0n) is 7.43. The second-order valence-electron chi connectivity index (χ2n) is 2.97. The normalized spacial score (nSPS) is 18.6. The fraction of sp³-hybridized carbons (Fsp3) is 0.200. The summed E-state index contributed by atoms with van der Waals surface area (Å²) in [5.74, 6) is 0.289. The van der Waals surface area contributed by atoms with E-state index in [9.17, 15) is 4.79 Å². The fourth-order valence-corrected chi connectivity index (χ4v) is 1.40. The van der Waals surface area contributed by atoms with Gasteiger partial charge in [0.1, 0.15) is 11.5 Å². The maximum atomic E-state index is 11.7. The average molecular weight is 191 g/mol. The van der Waals surface area contributed by atoms with Crippen LogP contribution in [0.25, 0.3) is 0 Å². The van der Waals surface area contributed by atoms with E-state index in [0.717, 1.165) is 0 Å². The molecular weight excluding hydrogens is 182 g/mol. The van der Waals surface area contributed by atoms with Crippen molar-refractivity contribution in [2.75, 3.05) is 6.61 Å². The van der Waals surface area contributed by atoms with Crippen molar-refractivity contribution in [3.63, 3.8) is 0 Å². The first-order valence-corrected chi connectivity index (χ1v) is 4.30. The quantitative estimate of drug-likeness (QED) is 0.499. The van der Waals surface area contributed by atoms with E-state index in [1.165, 1.54) is 0 Å². The largest absolute Gasteiger partial charge is 0.492 e. The SMILES string of the molecule is O=C1/C(=N\O)CCOc2ccccc21. The van der Waals surface area contributed by atoms with Gasteiger partial charge >= 0.3 is 0 Å². The van der Waals surface area contributed by atoms with Crippen molar-refractivity contribution in [1.29, 1.82) is 0 Å². The second-order valence-corrected chi connectivity index (χ2v) is 2.97. The van der Waals surface area contributed by atoms with Crippen molar-refractivity contribution in [3.8, 4) is 5.75 Å². The van der Waals surface area contributed by atoms with Crippen LogP contribution in [0.15, 0.2) is 29.4 Å². The van der Waals surface area contributed by atoms with Gasteiger partial charge in [-0.15, -0.1) is 0 Å². The number of carbonyl (C=O) groups is 1. The highest BCUT2D eigenvalue weighted by Gasteiger charge is 2.22. The summed E-state index contributed by atoms with van der Waals surface area (Å²) in [4.78, 5) is 11.7. The molecule has 4 heteroatoms. The van der Waals surface area contributed by atoms with E-state index in [4.69, 9.17) is 9.94 Å². The highest BCUT2D eigenvalue weighted by Crippen LogP contribution is 2.22. The Labute approximate surface area is 80.8 Å². The number of oxime groups is 1. The molecule has 0 atom stereocenters. The minimum atomic E-state index is -0.263. The van der Waals surface area contributed by atoms with E-state index >= 15 is 0 Å². The van der Waals surface area contributed by atoms with E-state index in [1.807, 2.05) is 0 Å². The predicted molar refractivity (Wildman–Crippen MR) is 50.1 cm³/mol. The zero-order chi connectivity index (χ0) is 9.97. The maximum absolute atomic E-state index is 11.7. The second kappa shape index (κ2) is 3.49. The number of ether oxygens (including phenoxy) is 1. The molecule has 1 aromatic carbocycles. The number of hydrogen-bond acceptors (Lipinski definition) is 4. The molecule has 0 aromatic heterocycles. The number of fused-ring (bicyclic) bond motifs is 1. The molecule has 1 aromatic rings. The van der Waals surface area contributed by atoms with Gasteiger partial charge in [0.05, 0.1) is 12.2 Å². The minimum Gasteiger partial charge on any atom is -0.492 e. The van der Waals surface area contributed by atoms with Crippen molar-refractivity contribution in [2.45, 2.75) is 6.42 Å². The Morgan fingerprint density at radius 1 is 1.36 bits per heavy atom. The Kier molecular flexibility index (Phi) is 2.18. The lowest BCUT2D eigenvalue weighted by molar-refractivity contribution is 0.106. The highest BCUT2D eigenvalue weighted by atomic mass is 16.5. The summed E-state index contributed by atoms with van der Waals surface area (Å²) in [6.45, 7) is 0.363. The van der Waals surface area contributed by atoms with E-state index < -0.39 is 0 Å². The molecule has 0 bridgehead atoms. The Balaban J connectivity index is 2.50. The van der Waals surface area contributed by atoms with Crippen LogP contribution in [0, 0.1) is 0 Å². The average Bonchev–Trinajstić information content (AvgIpc) is 2.39. The van der Waals surface area contributed by atoms with Gasteiger partial charge in [-0.2, -0.15) is 0 Å². The van der Waals surface area contributed by atoms with E-state index in [-0.39, 0.29) is 11.5 Å². The van der Waals surface area contributed by atoms with Crippen LogP contribution < -0.4 is 4.74 Å². The van der Waals surface area contributed by atoms with Crippen molar-refractivity contribution < 1.29 is 14.7 Å².